The number of nitrogens with zero attached hydrogens (tertiary/aromatic N) is 2. The van der Waals surface area contributed by atoms with Crippen molar-refractivity contribution < 1.29 is 0 Å². The average molecular weight is 405 g/mol. The minimum Gasteiger partial charge on any atom is -0.292 e. The second kappa shape index (κ2) is 5.30. The molecule has 88 valence electrons. The zero-order valence-corrected chi connectivity index (χ0v) is 12.9. The van der Waals surface area contributed by atoms with Crippen molar-refractivity contribution in [2.45, 2.75) is 13.5 Å². The van der Waals surface area contributed by atoms with Crippen molar-refractivity contribution in [3.05, 3.63) is 60.2 Å². The van der Waals surface area contributed by atoms with Gasteiger partial charge < -0.3 is 0 Å². The largest absolute Gasteiger partial charge is 0.292 e. The van der Waals surface area contributed by atoms with Crippen molar-refractivity contribution in [1.82, 2.24) is 9.55 Å². The summed E-state index contributed by atoms with van der Waals surface area (Å²) in [6.45, 7) is 2.40. The van der Waals surface area contributed by atoms with Crippen LogP contribution in [0, 0.1) is 10.5 Å². The zero-order chi connectivity index (χ0) is 12.4. The van der Waals surface area contributed by atoms with Crippen LogP contribution in [0.5, 0.6) is 0 Å². The average Bonchev–Trinajstić information content (AvgIpc) is 2.32. The van der Waals surface area contributed by atoms with Gasteiger partial charge in [0.2, 0.25) is 0 Å². The van der Waals surface area contributed by atoms with Crippen molar-refractivity contribution in [2.24, 2.45) is 0 Å². The van der Waals surface area contributed by atoms with E-state index in [1.54, 1.807) is 10.8 Å². The molecule has 0 N–H and O–H groups in total. The standard InChI is InChI=1S/C12H10BrIN2O/c1-8-15-6-11(14)12(17)16(8)7-9-2-4-10(13)5-3-9/h2-6H,7H2,1H3. The van der Waals surface area contributed by atoms with Gasteiger partial charge in [0.05, 0.1) is 10.1 Å². The molecule has 1 aromatic heterocycles. The lowest BCUT2D eigenvalue weighted by molar-refractivity contribution is 0.695. The van der Waals surface area contributed by atoms with Gasteiger partial charge in [-0.05, 0) is 47.2 Å². The summed E-state index contributed by atoms with van der Waals surface area (Å²) in [4.78, 5) is 16.2. The van der Waals surface area contributed by atoms with Crippen molar-refractivity contribution in [3.63, 3.8) is 0 Å². The molecule has 0 unspecified atom stereocenters. The molecule has 17 heavy (non-hydrogen) atoms. The van der Waals surface area contributed by atoms with Gasteiger partial charge in [0.25, 0.3) is 5.56 Å². The Morgan fingerprint density at radius 1 is 1.35 bits per heavy atom. The highest BCUT2D eigenvalue weighted by atomic mass is 127. The van der Waals surface area contributed by atoms with Crippen molar-refractivity contribution >= 4 is 38.5 Å². The van der Waals surface area contributed by atoms with Gasteiger partial charge in [0.1, 0.15) is 5.82 Å². The van der Waals surface area contributed by atoms with E-state index < -0.39 is 0 Å². The molecule has 0 amide bonds. The molecule has 0 atom stereocenters. The SMILES string of the molecule is Cc1ncc(I)c(=O)n1Cc1ccc(Br)cc1. The predicted molar refractivity (Wildman–Crippen MR) is 79.2 cm³/mol. The van der Waals surface area contributed by atoms with Crippen molar-refractivity contribution in [2.75, 3.05) is 0 Å². The fraction of sp³-hybridized carbons (Fsp3) is 0.167. The third kappa shape index (κ3) is 2.95. The molecule has 2 aromatic rings. The van der Waals surface area contributed by atoms with Crippen LogP contribution in [0.25, 0.3) is 0 Å². The lowest BCUT2D eigenvalue weighted by atomic mass is 10.2. The molecular weight excluding hydrogens is 395 g/mol. The van der Waals surface area contributed by atoms with Gasteiger partial charge in [-0.15, -0.1) is 0 Å². The molecule has 1 aromatic carbocycles. The maximum absolute atomic E-state index is 12.0. The van der Waals surface area contributed by atoms with Gasteiger partial charge in [0, 0.05) is 10.7 Å². The van der Waals surface area contributed by atoms with Crippen molar-refractivity contribution in [1.29, 1.82) is 0 Å². The van der Waals surface area contributed by atoms with Crippen LogP contribution in [0.15, 0.2) is 39.7 Å². The lowest BCUT2D eigenvalue weighted by Gasteiger charge is -2.09. The quantitative estimate of drug-likeness (QED) is 0.721. The number of hydrogen-bond acceptors (Lipinski definition) is 2. The first-order valence-electron chi connectivity index (χ1n) is 5.04. The van der Waals surface area contributed by atoms with Gasteiger partial charge in [-0.25, -0.2) is 4.98 Å². The maximum Gasteiger partial charge on any atom is 0.267 e. The number of hydrogen-bond donors (Lipinski definition) is 0. The Hall–Kier alpha value is -0.690. The minimum absolute atomic E-state index is 0.0148. The molecule has 0 spiro atoms. The number of halogens is 2. The zero-order valence-electron chi connectivity index (χ0n) is 9.15. The van der Waals surface area contributed by atoms with E-state index in [4.69, 9.17) is 0 Å². The van der Waals surface area contributed by atoms with E-state index in [2.05, 4.69) is 20.9 Å². The highest BCUT2D eigenvalue weighted by Gasteiger charge is 2.05. The number of rotatable bonds is 2. The normalized spacial score (nSPS) is 10.5. The summed E-state index contributed by atoms with van der Waals surface area (Å²) in [6, 6.07) is 7.93. The monoisotopic (exact) mass is 404 g/mol. The third-order valence-electron chi connectivity index (χ3n) is 2.46. The predicted octanol–water partition coefficient (Wildman–Crippen LogP) is 2.97. The molecule has 0 fully saturated rings. The summed E-state index contributed by atoms with van der Waals surface area (Å²) in [7, 11) is 0. The lowest BCUT2D eigenvalue weighted by Crippen LogP contribution is -2.26. The van der Waals surface area contributed by atoms with Crippen LogP contribution in [0.1, 0.15) is 11.4 Å². The molecule has 0 bridgehead atoms. The highest BCUT2D eigenvalue weighted by Crippen LogP contribution is 2.11. The number of benzene rings is 1. The topological polar surface area (TPSA) is 34.9 Å². The van der Waals surface area contributed by atoms with E-state index >= 15 is 0 Å². The summed E-state index contributed by atoms with van der Waals surface area (Å²) >= 11 is 5.40. The Labute approximate surface area is 121 Å². The fourth-order valence-corrected chi connectivity index (χ4v) is 2.20. The van der Waals surface area contributed by atoms with Gasteiger partial charge in [-0.2, -0.15) is 0 Å². The fourth-order valence-electron chi connectivity index (χ4n) is 1.51. The molecule has 3 nitrogen and oxygen atoms in total. The van der Waals surface area contributed by atoms with Gasteiger partial charge in [-0.3, -0.25) is 9.36 Å². The van der Waals surface area contributed by atoms with Gasteiger partial charge in [-0.1, -0.05) is 28.1 Å². The maximum atomic E-state index is 12.0. The molecule has 0 aliphatic rings. The van der Waals surface area contributed by atoms with E-state index in [9.17, 15) is 4.79 Å². The summed E-state index contributed by atoms with van der Waals surface area (Å²) in [5.41, 5.74) is 1.10. The Morgan fingerprint density at radius 2 is 2.00 bits per heavy atom. The molecule has 1 heterocycles. The third-order valence-corrected chi connectivity index (χ3v) is 3.73. The minimum atomic E-state index is 0.0148. The summed E-state index contributed by atoms with van der Waals surface area (Å²) in [5.74, 6) is 0.735. The number of aryl methyl sites for hydroxylation is 1. The summed E-state index contributed by atoms with van der Waals surface area (Å²) < 4.78 is 3.36. The van der Waals surface area contributed by atoms with Crippen LogP contribution in [-0.4, -0.2) is 9.55 Å². The summed E-state index contributed by atoms with van der Waals surface area (Å²) in [6.07, 6.45) is 1.61. The second-order valence-electron chi connectivity index (χ2n) is 3.67. The Kier molecular flexibility index (Phi) is 3.98. The van der Waals surface area contributed by atoms with E-state index in [-0.39, 0.29) is 5.56 Å². The van der Waals surface area contributed by atoms with Crippen LogP contribution in [0.4, 0.5) is 0 Å². The highest BCUT2D eigenvalue weighted by molar-refractivity contribution is 14.1. The first-order chi connectivity index (χ1) is 8.08. The van der Waals surface area contributed by atoms with Crippen LogP contribution < -0.4 is 5.56 Å². The molecule has 0 aliphatic carbocycles. The van der Waals surface area contributed by atoms with Crippen LogP contribution in [0.3, 0.4) is 0 Å². The number of aromatic nitrogens is 2. The molecule has 0 saturated carbocycles. The molecule has 0 radical (unpaired) electrons. The Bertz CT molecular complexity index is 592. The van der Waals surface area contributed by atoms with Crippen LogP contribution in [0.2, 0.25) is 0 Å². The molecule has 0 aliphatic heterocycles. The van der Waals surface area contributed by atoms with E-state index in [0.29, 0.717) is 10.1 Å². The Morgan fingerprint density at radius 3 is 2.65 bits per heavy atom. The van der Waals surface area contributed by atoms with Crippen LogP contribution >= 0.6 is 38.5 Å². The van der Waals surface area contributed by atoms with E-state index in [0.717, 1.165) is 15.9 Å². The smallest absolute Gasteiger partial charge is 0.267 e. The van der Waals surface area contributed by atoms with Gasteiger partial charge in [0.15, 0.2) is 0 Å². The molecule has 2 rings (SSSR count). The molecular formula is C12H10BrIN2O. The molecule has 5 heteroatoms. The second-order valence-corrected chi connectivity index (χ2v) is 5.75. The first-order valence-corrected chi connectivity index (χ1v) is 6.91. The van der Waals surface area contributed by atoms with E-state index in [1.165, 1.54) is 0 Å². The summed E-state index contributed by atoms with van der Waals surface area (Å²) in [5, 5.41) is 0. The molecule has 0 saturated heterocycles. The first kappa shape index (κ1) is 12.8. The van der Waals surface area contributed by atoms with Crippen molar-refractivity contribution in [3.8, 4) is 0 Å². The van der Waals surface area contributed by atoms with Crippen LogP contribution in [-0.2, 0) is 6.54 Å². The van der Waals surface area contributed by atoms with E-state index in [1.807, 2.05) is 53.8 Å². The van der Waals surface area contributed by atoms with Gasteiger partial charge >= 0.3 is 0 Å². The Balaban J connectivity index is 2.39.